The third kappa shape index (κ3) is 2.94. The zero-order valence-corrected chi connectivity index (χ0v) is 18.2. The number of hydrogen-bond acceptors (Lipinski definition) is 5. The van der Waals surface area contributed by atoms with Crippen molar-refractivity contribution >= 4 is 28.2 Å². The number of nitrogens with zero attached hydrogens (tertiary/aromatic N) is 2. The molecule has 30 heavy (non-hydrogen) atoms. The van der Waals surface area contributed by atoms with E-state index >= 15 is 0 Å². The number of carbonyl (C=O) groups excluding carboxylic acids is 2. The van der Waals surface area contributed by atoms with Crippen molar-refractivity contribution in [2.45, 2.75) is 44.3 Å². The van der Waals surface area contributed by atoms with E-state index in [2.05, 4.69) is 16.3 Å². The zero-order chi connectivity index (χ0) is 20.9. The molecule has 3 aliphatic rings. The van der Waals surface area contributed by atoms with E-state index in [4.69, 9.17) is 4.74 Å². The second-order valence-corrected chi connectivity index (χ2v) is 9.67. The molecule has 3 atom stereocenters. The molecule has 3 fully saturated rings. The van der Waals surface area contributed by atoms with Crippen LogP contribution < -0.4 is 10.1 Å². The Bertz CT molecular complexity index is 990. The number of rotatable bonds is 5. The fourth-order valence-corrected chi connectivity index (χ4v) is 6.88. The number of anilines is 1. The molecule has 0 bridgehead atoms. The number of ether oxygens (including phenoxy) is 1. The average Bonchev–Trinajstić information content (AvgIpc) is 3.46. The number of benzene rings is 1. The highest BCUT2D eigenvalue weighted by atomic mass is 32.1. The van der Waals surface area contributed by atoms with Gasteiger partial charge in [-0.05, 0) is 44.0 Å². The predicted molar refractivity (Wildman–Crippen MR) is 117 cm³/mol. The van der Waals surface area contributed by atoms with Crippen LogP contribution in [0.25, 0.3) is 0 Å². The van der Waals surface area contributed by atoms with Crippen molar-refractivity contribution in [3.63, 3.8) is 0 Å². The van der Waals surface area contributed by atoms with Gasteiger partial charge in [0.25, 0.3) is 0 Å². The van der Waals surface area contributed by atoms with Gasteiger partial charge in [-0.3, -0.25) is 14.5 Å². The Morgan fingerprint density at radius 2 is 2.13 bits per heavy atom. The van der Waals surface area contributed by atoms with Gasteiger partial charge in [0.15, 0.2) is 0 Å². The van der Waals surface area contributed by atoms with E-state index < -0.39 is 0 Å². The number of amides is 2. The number of likely N-dealkylation sites (tertiary alicyclic amines) is 1. The fraction of sp³-hybridized carbons (Fsp3) is 0.478. The third-order valence-electron chi connectivity index (χ3n) is 6.94. The van der Waals surface area contributed by atoms with Gasteiger partial charge in [-0.2, -0.15) is 0 Å². The van der Waals surface area contributed by atoms with Gasteiger partial charge in [0, 0.05) is 42.4 Å². The number of thiophene rings is 1. The van der Waals surface area contributed by atoms with Crippen LogP contribution in [0.5, 0.6) is 5.75 Å². The minimum atomic E-state index is -0.356. The van der Waals surface area contributed by atoms with Crippen LogP contribution >= 0.6 is 11.3 Å². The number of hydrogen-bond donors (Lipinski definition) is 1. The lowest BCUT2D eigenvalue weighted by atomic mass is 9.85. The summed E-state index contributed by atoms with van der Waals surface area (Å²) in [4.78, 5) is 30.8. The Morgan fingerprint density at radius 1 is 1.30 bits per heavy atom. The summed E-state index contributed by atoms with van der Waals surface area (Å²) in [6, 6.07) is 12.3. The first-order valence-corrected chi connectivity index (χ1v) is 11.4. The fourth-order valence-electron chi connectivity index (χ4n) is 5.80. The molecule has 1 aromatic carbocycles. The van der Waals surface area contributed by atoms with E-state index in [-0.39, 0.29) is 23.4 Å². The van der Waals surface area contributed by atoms with Crippen LogP contribution in [0, 0.1) is 5.92 Å². The summed E-state index contributed by atoms with van der Waals surface area (Å²) in [6.45, 7) is 3.89. The maximum atomic E-state index is 13.7. The number of para-hydroxylation sites is 1. The first-order valence-electron chi connectivity index (χ1n) is 10.6. The first kappa shape index (κ1) is 19.6. The van der Waals surface area contributed by atoms with Crippen molar-refractivity contribution in [2.24, 2.45) is 5.92 Å². The standard InChI is InChI=1S/C23H27N3O3S/c1-15(27)24-21-9-8-20(30-21)18-12-17-14-25(13-16-6-3-4-7-19(16)29-2)22(28)23(17)10-5-11-26(18)23/h3-4,6-9,17-18H,5,10-14H2,1-2H3,(H,24,27)/t17-,18-,23-/m0/s1. The molecule has 158 valence electrons. The average molecular weight is 426 g/mol. The van der Waals surface area contributed by atoms with E-state index in [1.807, 2.05) is 35.2 Å². The molecule has 5 rings (SSSR count). The topological polar surface area (TPSA) is 61.9 Å². The van der Waals surface area contributed by atoms with Crippen LogP contribution in [0.2, 0.25) is 0 Å². The first-order chi connectivity index (χ1) is 14.5. The summed E-state index contributed by atoms with van der Waals surface area (Å²) < 4.78 is 5.50. The molecule has 4 heterocycles. The van der Waals surface area contributed by atoms with E-state index in [0.29, 0.717) is 12.5 Å². The number of methoxy groups -OCH3 is 1. The molecule has 1 aromatic heterocycles. The molecule has 3 aliphatic heterocycles. The SMILES string of the molecule is COc1ccccc1CN1C[C@@H]2C[C@@H](c3ccc(NC(C)=O)s3)N3CCC[C@@]23C1=O. The number of nitrogens with one attached hydrogen (secondary N) is 1. The van der Waals surface area contributed by atoms with Crippen LogP contribution in [0.3, 0.4) is 0 Å². The van der Waals surface area contributed by atoms with Gasteiger partial charge in [0.2, 0.25) is 11.8 Å². The second-order valence-electron chi connectivity index (χ2n) is 8.55. The predicted octanol–water partition coefficient (Wildman–Crippen LogP) is 3.65. The quantitative estimate of drug-likeness (QED) is 0.794. The van der Waals surface area contributed by atoms with Crippen molar-refractivity contribution in [3.05, 3.63) is 46.8 Å². The van der Waals surface area contributed by atoms with E-state index in [1.54, 1.807) is 18.4 Å². The molecule has 3 saturated heterocycles. The summed E-state index contributed by atoms with van der Waals surface area (Å²) in [5.41, 5.74) is 0.703. The van der Waals surface area contributed by atoms with Crippen LogP contribution in [-0.4, -0.2) is 47.4 Å². The lowest BCUT2D eigenvalue weighted by Gasteiger charge is -2.33. The smallest absolute Gasteiger partial charge is 0.243 e. The van der Waals surface area contributed by atoms with Gasteiger partial charge in [0.1, 0.15) is 11.3 Å². The van der Waals surface area contributed by atoms with Crippen LogP contribution in [0.15, 0.2) is 36.4 Å². The van der Waals surface area contributed by atoms with Crippen LogP contribution in [0.1, 0.15) is 42.7 Å². The summed E-state index contributed by atoms with van der Waals surface area (Å²) in [5.74, 6) is 1.41. The normalized spacial score (nSPS) is 27.9. The second kappa shape index (κ2) is 7.39. The Morgan fingerprint density at radius 3 is 2.93 bits per heavy atom. The zero-order valence-electron chi connectivity index (χ0n) is 17.4. The lowest BCUT2D eigenvalue weighted by molar-refractivity contribution is -0.137. The number of carbonyl (C=O) groups is 2. The minimum Gasteiger partial charge on any atom is -0.496 e. The molecule has 0 unspecified atom stereocenters. The molecular weight excluding hydrogens is 398 g/mol. The van der Waals surface area contributed by atoms with Gasteiger partial charge in [-0.15, -0.1) is 11.3 Å². The molecule has 1 spiro atoms. The molecule has 2 aromatic rings. The van der Waals surface area contributed by atoms with Crippen molar-refractivity contribution in [1.29, 1.82) is 0 Å². The molecular formula is C23H27N3O3S. The third-order valence-corrected chi connectivity index (χ3v) is 8.04. The molecule has 0 aliphatic carbocycles. The maximum Gasteiger partial charge on any atom is 0.243 e. The van der Waals surface area contributed by atoms with Crippen molar-refractivity contribution in [3.8, 4) is 5.75 Å². The summed E-state index contributed by atoms with van der Waals surface area (Å²) >= 11 is 1.64. The molecule has 1 N–H and O–H groups in total. The van der Waals surface area contributed by atoms with Crippen molar-refractivity contribution in [2.75, 3.05) is 25.5 Å². The van der Waals surface area contributed by atoms with Crippen molar-refractivity contribution < 1.29 is 14.3 Å². The highest BCUT2D eigenvalue weighted by Gasteiger charge is 2.65. The van der Waals surface area contributed by atoms with Gasteiger partial charge in [-0.25, -0.2) is 0 Å². The largest absolute Gasteiger partial charge is 0.496 e. The van der Waals surface area contributed by atoms with E-state index in [0.717, 1.165) is 48.7 Å². The molecule has 2 amide bonds. The van der Waals surface area contributed by atoms with Gasteiger partial charge in [-0.1, -0.05) is 18.2 Å². The van der Waals surface area contributed by atoms with E-state index in [9.17, 15) is 9.59 Å². The highest BCUT2D eigenvalue weighted by molar-refractivity contribution is 7.16. The summed E-state index contributed by atoms with van der Waals surface area (Å²) in [6.07, 6.45) is 3.00. The lowest BCUT2D eigenvalue weighted by Crippen LogP contribution is -2.49. The molecule has 6 nitrogen and oxygen atoms in total. The van der Waals surface area contributed by atoms with Gasteiger partial charge >= 0.3 is 0 Å². The summed E-state index contributed by atoms with van der Waals surface area (Å²) in [7, 11) is 1.68. The van der Waals surface area contributed by atoms with E-state index in [1.165, 1.54) is 11.8 Å². The van der Waals surface area contributed by atoms with Gasteiger partial charge < -0.3 is 15.0 Å². The highest BCUT2D eigenvalue weighted by Crippen LogP contribution is 2.57. The Hall–Kier alpha value is -2.38. The van der Waals surface area contributed by atoms with Gasteiger partial charge in [0.05, 0.1) is 12.1 Å². The summed E-state index contributed by atoms with van der Waals surface area (Å²) in [5, 5.41) is 3.77. The minimum absolute atomic E-state index is 0.0495. The molecule has 7 heteroatoms. The Kier molecular flexibility index (Phi) is 4.82. The molecule has 0 saturated carbocycles. The monoisotopic (exact) mass is 425 g/mol. The van der Waals surface area contributed by atoms with Crippen LogP contribution in [0.4, 0.5) is 5.00 Å². The van der Waals surface area contributed by atoms with Crippen LogP contribution in [-0.2, 0) is 16.1 Å². The van der Waals surface area contributed by atoms with Crippen molar-refractivity contribution in [1.82, 2.24) is 9.80 Å². The Balaban J connectivity index is 1.38. The molecule has 0 radical (unpaired) electrons. The maximum absolute atomic E-state index is 13.7. The Labute approximate surface area is 180 Å².